The standard InChI is InChI=1S/C14H16N2O2/c1-18-12-4-2-3-11(9-12)13(17)7-10-5-6-16-14(15)8-10/h2-6,8-9,13,17H,7H2,1H3,(H2,15,16). The lowest BCUT2D eigenvalue weighted by atomic mass is 10.0. The van der Waals surface area contributed by atoms with Crippen molar-refractivity contribution >= 4 is 5.82 Å². The molecule has 1 aromatic heterocycles. The maximum absolute atomic E-state index is 10.2. The van der Waals surface area contributed by atoms with Crippen molar-refractivity contribution in [3.8, 4) is 5.75 Å². The van der Waals surface area contributed by atoms with Crippen molar-refractivity contribution < 1.29 is 9.84 Å². The Balaban J connectivity index is 2.13. The molecule has 94 valence electrons. The van der Waals surface area contributed by atoms with Gasteiger partial charge < -0.3 is 15.6 Å². The van der Waals surface area contributed by atoms with Gasteiger partial charge in [-0.3, -0.25) is 0 Å². The van der Waals surface area contributed by atoms with E-state index in [1.54, 1.807) is 19.4 Å². The number of aliphatic hydroxyl groups is 1. The fourth-order valence-corrected chi connectivity index (χ4v) is 1.81. The summed E-state index contributed by atoms with van der Waals surface area (Å²) in [5, 5.41) is 10.2. The Hall–Kier alpha value is -2.07. The number of pyridine rings is 1. The zero-order valence-corrected chi connectivity index (χ0v) is 10.2. The zero-order chi connectivity index (χ0) is 13.0. The largest absolute Gasteiger partial charge is 0.497 e. The number of anilines is 1. The van der Waals surface area contributed by atoms with Crippen molar-refractivity contribution in [2.24, 2.45) is 0 Å². The molecule has 18 heavy (non-hydrogen) atoms. The average Bonchev–Trinajstić information content (AvgIpc) is 2.39. The summed E-state index contributed by atoms with van der Waals surface area (Å²) in [7, 11) is 1.61. The van der Waals surface area contributed by atoms with Crippen molar-refractivity contribution in [1.82, 2.24) is 4.98 Å². The number of aliphatic hydroxyl groups excluding tert-OH is 1. The first-order valence-corrected chi connectivity index (χ1v) is 5.71. The number of aromatic nitrogens is 1. The molecule has 0 aliphatic rings. The van der Waals surface area contributed by atoms with E-state index in [0.29, 0.717) is 12.2 Å². The smallest absolute Gasteiger partial charge is 0.123 e. The van der Waals surface area contributed by atoms with E-state index in [2.05, 4.69) is 4.98 Å². The molecule has 1 atom stereocenters. The third-order valence-corrected chi connectivity index (χ3v) is 2.75. The summed E-state index contributed by atoms with van der Waals surface area (Å²) < 4.78 is 5.13. The van der Waals surface area contributed by atoms with Gasteiger partial charge in [0, 0.05) is 12.6 Å². The first-order valence-electron chi connectivity index (χ1n) is 5.71. The third-order valence-electron chi connectivity index (χ3n) is 2.75. The predicted molar refractivity (Wildman–Crippen MR) is 70.3 cm³/mol. The summed E-state index contributed by atoms with van der Waals surface area (Å²) in [6, 6.07) is 11.0. The summed E-state index contributed by atoms with van der Waals surface area (Å²) in [6.45, 7) is 0. The van der Waals surface area contributed by atoms with E-state index in [4.69, 9.17) is 10.5 Å². The molecule has 0 bridgehead atoms. The quantitative estimate of drug-likeness (QED) is 0.862. The summed E-state index contributed by atoms with van der Waals surface area (Å²) in [5.74, 6) is 1.20. The zero-order valence-electron chi connectivity index (χ0n) is 10.2. The monoisotopic (exact) mass is 244 g/mol. The van der Waals surface area contributed by atoms with Crippen LogP contribution in [0.25, 0.3) is 0 Å². The number of nitrogens with two attached hydrogens (primary N) is 1. The fraction of sp³-hybridized carbons (Fsp3) is 0.214. The van der Waals surface area contributed by atoms with Crippen LogP contribution in [-0.2, 0) is 6.42 Å². The van der Waals surface area contributed by atoms with E-state index >= 15 is 0 Å². The van der Waals surface area contributed by atoms with E-state index in [-0.39, 0.29) is 0 Å². The van der Waals surface area contributed by atoms with Crippen LogP contribution in [0.4, 0.5) is 5.82 Å². The minimum Gasteiger partial charge on any atom is -0.497 e. The third kappa shape index (κ3) is 2.99. The Kier molecular flexibility index (Phi) is 3.79. The van der Waals surface area contributed by atoms with Crippen molar-refractivity contribution in [1.29, 1.82) is 0 Å². The van der Waals surface area contributed by atoms with Crippen molar-refractivity contribution in [3.63, 3.8) is 0 Å². The first kappa shape index (κ1) is 12.4. The Morgan fingerprint density at radius 3 is 2.89 bits per heavy atom. The van der Waals surface area contributed by atoms with Crippen LogP contribution < -0.4 is 10.5 Å². The van der Waals surface area contributed by atoms with Gasteiger partial charge in [-0.2, -0.15) is 0 Å². The molecule has 4 nitrogen and oxygen atoms in total. The van der Waals surface area contributed by atoms with E-state index < -0.39 is 6.10 Å². The van der Waals surface area contributed by atoms with Crippen LogP contribution in [0, 0.1) is 0 Å². The Labute approximate surface area is 106 Å². The van der Waals surface area contributed by atoms with Gasteiger partial charge in [0.15, 0.2) is 0 Å². The molecule has 4 heteroatoms. The van der Waals surface area contributed by atoms with Crippen LogP contribution in [0.5, 0.6) is 5.75 Å². The highest BCUT2D eigenvalue weighted by Crippen LogP contribution is 2.22. The van der Waals surface area contributed by atoms with Gasteiger partial charge in [-0.1, -0.05) is 12.1 Å². The normalized spacial score (nSPS) is 12.1. The molecule has 1 heterocycles. The number of hydrogen-bond acceptors (Lipinski definition) is 4. The van der Waals surface area contributed by atoms with Crippen LogP contribution in [0.2, 0.25) is 0 Å². The van der Waals surface area contributed by atoms with Gasteiger partial charge in [0.2, 0.25) is 0 Å². The summed E-state index contributed by atoms with van der Waals surface area (Å²) in [6.07, 6.45) is 1.56. The van der Waals surface area contributed by atoms with Crippen LogP contribution in [-0.4, -0.2) is 17.2 Å². The molecule has 0 fully saturated rings. The Morgan fingerprint density at radius 2 is 2.17 bits per heavy atom. The average molecular weight is 244 g/mol. The Morgan fingerprint density at radius 1 is 1.33 bits per heavy atom. The topological polar surface area (TPSA) is 68.4 Å². The number of methoxy groups -OCH3 is 1. The van der Waals surface area contributed by atoms with E-state index in [0.717, 1.165) is 16.9 Å². The number of ether oxygens (including phenoxy) is 1. The van der Waals surface area contributed by atoms with E-state index in [1.807, 2.05) is 30.3 Å². The maximum atomic E-state index is 10.2. The number of rotatable bonds is 4. The number of benzene rings is 1. The molecule has 2 aromatic rings. The lowest BCUT2D eigenvalue weighted by Crippen LogP contribution is -2.03. The highest BCUT2D eigenvalue weighted by molar-refractivity contribution is 5.34. The second kappa shape index (κ2) is 5.51. The maximum Gasteiger partial charge on any atom is 0.123 e. The molecule has 3 N–H and O–H groups in total. The van der Waals surface area contributed by atoms with Crippen LogP contribution in [0.3, 0.4) is 0 Å². The van der Waals surface area contributed by atoms with Crippen LogP contribution in [0.15, 0.2) is 42.6 Å². The molecule has 0 saturated carbocycles. The van der Waals surface area contributed by atoms with Gasteiger partial charge in [0.05, 0.1) is 13.2 Å². The van der Waals surface area contributed by atoms with Crippen molar-refractivity contribution in [3.05, 3.63) is 53.7 Å². The highest BCUT2D eigenvalue weighted by Gasteiger charge is 2.09. The molecular weight excluding hydrogens is 228 g/mol. The van der Waals surface area contributed by atoms with E-state index in [9.17, 15) is 5.11 Å². The molecule has 2 rings (SSSR count). The van der Waals surface area contributed by atoms with Gasteiger partial charge in [-0.25, -0.2) is 4.98 Å². The molecule has 1 aromatic carbocycles. The molecular formula is C14H16N2O2. The van der Waals surface area contributed by atoms with Crippen molar-refractivity contribution in [2.75, 3.05) is 12.8 Å². The van der Waals surface area contributed by atoms with Gasteiger partial charge in [0.25, 0.3) is 0 Å². The molecule has 0 aliphatic heterocycles. The lowest BCUT2D eigenvalue weighted by Gasteiger charge is -2.12. The molecule has 0 spiro atoms. The summed E-state index contributed by atoms with van der Waals surface area (Å²) >= 11 is 0. The summed E-state index contributed by atoms with van der Waals surface area (Å²) in [5.41, 5.74) is 7.39. The minimum absolute atomic E-state index is 0.463. The molecule has 0 saturated heterocycles. The fourth-order valence-electron chi connectivity index (χ4n) is 1.81. The van der Waals surface area contributed by atoms with Crippen molar-refractivity contribution in [2.45, 2.75) is 12.5 Å². The van der Waals surface area contributed by atoms with Gasteiger partial charge >= 0.3 is 0 Å². The molecule has 1 unspecified atom stereocenters. The number of nitrogen functional groups attached to an aromatic ring is 1. The highest BCUT2D eigenvalue weighted by atomic mass is 16.5. The van der Waals surface area contributed by atoms with Crippen LogP contribution >= 0.6 is 0 Å². The second-order valence-corrected chi connectivity index (χ2v) is 4.09. The van der Waals surface area contributed by atoms with Crippen LogP contribution in [0.1, 0.15) is 17.2 Å². The van der Waals surface area contributed by atoms with Gasteiger partial charge in [-0.05, 0) is 35.4 Å². The minimum atomic E-state index is -0.582. The summed E-state index contributed by atoms with van der Waals surface area (Å²) in [4.78, 5) is 3.92. The second-order valence-electron chi connectivity index (χ2n) is 4.09. The van der Waals surface area contributed by atoms with Gasteiger partial charge in [0.1, 0.15) is 11.6 Å². The molecule has 0 radical (unpaired) electrons. The number of nitrogens with zero attached hydrogens (tertiary/aromatic N) is 1. The number of hydrogen-bond donors (Lipinski definition) is 2. The van der Waals surface area contributed by atoms with Gasteiger partial charge in [-0.15, -0.1) is 0 Å². The van der Waals surface area contributed by atoms with E-state index in [1.165, 1.54) is 0 Å². The molecule has 0 amide bonds. The Bertz CT molecular complexity index is 529. The first-order chi connectivity index (χ1) is 8.69. The molecule has 0 aliphatic carbocycles. The SMILES string of the molecule is COc1cccc(C(O)Cc2ccnc(N)c2)c1. The lowest BCUT2D eigenvalue weighted by molar-refractivity contribution is 0.178. The predicted octanol–water partition coefficient (Wildman–Crippen LogP) is 1.95.